The molecule has 0 fully saturated rings. The van der Waals surface area contributed by atoms with E-state index in [2.05, 4.69) is 45.5 Å². The summed E-state index contributed by atoms with van der Waals surface area (Å²) >= 11 is 0. The highest BCUT2D eigenvalue weighted by atomic mass is 28.4. The second kappa shape index (κ2) is 17.2. The van der Waals surface area contributed by atoms with E-state index >= 15 is 0 Å². The third-order valence-electron chi connectivity index (χ3n) is 6.76. The number of esters is 1. The van der Waals surface area contributed by atoms with Gasteiger partial charge in [-0.25, -0.2) is 0 Å². The molecular formula is C26H54O3Si. The van der Waals surface area contributed by atoms with Crippen molar-refractivity contribution in [3.63, 3.8) is 0 Å². The summed E-state index contributed by atoms with van der Waals surface area (Å²) in [4.78, 5) is 11.0. The number of carbonyl (C=O) groups excluding carboxylic acids is 1. The molecule has 0 amide bonds. The Kier molecular flexibility index (Phi) is 17.0. The van der Waals surface area contributed by atoms with Gasteiger partial charge < -0.3 is 9.16 Å². The molecule has 0 aromatic heterocycles. The molecule has 0 aromatic rings. The molecule has 0 spiro atoms. The van der Waals surface area contributed by atoms with Crippen LogP contribution in [0.5, 0.6) is 0 Å². The van der Waals surface area contributed by atoms with E-state index in [1.807, 2.05) is 0 Å². The predicted molar refractivity (Wildman–Crippen MR) is 134 cm³/mol. The molecule has 0 aromatic carbocycles. The van der Waals surface area contributed by atoms with Gasteiger partial charge in [-0.1, -0.05) is 105 Å². The van der Waals surface area contributed by atoms with E-state index in [9.17, 15) is 4.79 Å². The fraction of sp³-hybridized carbons (Fsp3) is 0.962. The second-order valence-corrected chi connectivity index (χ2v) is 15.4. The Labute approximate surface area is 190 Å². The van der Waals surface area contributed by atoms with E-state index in [1.54, 1.807) is 0 Å². The minimum atomic E-state index is -1.64. The lowest BCUT2D eigenvalue weighted by atomic mass is 10.0. The van der Waals surface area contributed by atoms with Gasteiger partial charge in [-0.05, 0) is 37.4 Å². The van der Waals surface area contributed by atoms with E-state index in [-0.39, 0.29) is 5.97 Å². The molecule has 30 heavy (non-hydrogen) atoms. The molecule has 0 aliphatic carbocycles. The molecule has 0 saturated carbocycles. The fourth-order valence-corrected chi connectivity index (χ4v) is 5.11. The number of hydrogen-bond donors (Lipinski definition) is 0. The smallest absolute Gasteiger partial charge is 0.305 e. The molecule has 0 saturated heterocycles. The molecule has 0 bridgehead atoms. The fourth-order valence-electron chi connectivity index (χ4n) is 3.69. The highest BCUT2D eigenvalue weighted by molar-refractivity contribution is 6.74. The van der Waals surface area contributed by atoms with Crippen LogP contribution in [0.4, 0.5) is 0 Å². The summed E-state index contributed by atoms with van der Waals surface area (Å²) < 4.78 is 11.4. The minimum Gasteiger partial charge on any atom is -0.469 e. The molecule has 1 unspecified atom stereocenters. The van der Waals surface area contributed by atoms with Crippen molar-refractivity contribution in [3.8, 4) is 0 Å². The first kappa shape index (κ1) is 29.6. The first-order chi connectivity index (χ1) is 14.1. The van der Waals surface area contributed by atoms with Crippen molar-refractivity contribution in [3.05, 3.63) is 0 Å². The van der Waals surface area contributed by atoms with Crippen LogP contribution in [0.1, 0.15) is 130 Å². The molecule has 0 radical (unpaired) electrons. The van der Waals surface area contributed by atoms with Crippen LogP contribution in [0.25, 0.3) is 0 Å². The lowest BCUT2D eigenvalue weighted by Crippen LogP contribution is -2.43. The van der Waals surface area contributed by atoms with Crippen LogP contribution < -0.4 is 0 Å². The van der Waals surface area contributed by atoms with Gasteiger partial charge in [0.15, 0.2) is 8.32 Å². The van der Waals surface area contributed by atoms with Crippen molar-refractivity contribution in [2.24, 2.45) is 0 Å². The van der Waals surface area contributed by atoms with E-state index in [4.69, 9.17) is 4.43 Å². The normalized spacial score (nSPS) is 13.4. The van der Waals surface area contributed by atoms with E-state index in [1.165, 1.54) is 90.6 Å². The molecule has 0 aliphatic rings. The van der Waals surface area contributed by atoms with Gasteiger partial charge in [0.05, 0.1) is 7.11 Å². The number of carbonyl (C=O) groups is 1. The molecule has 180 valence electrons. The quantitative estimate of drug-likeness (QED) is 0.114. The van der Waals surface area contributed by atoms with Crippen molar-refractivity contribution in [1.82, 2.24) is 0 Å². The standard InChI is InChI=1S/C26H54O3Si/c1-8-21-24(29-30(6,7)26(2,3)4)22-19-17-15-13-11-9-10-12-14-16-18-20-23-25(27)28-5/h24H,8-23H2,1-7H3. The number of unbranched alkanes of at least 4 members (excludes halogenated alkanes) is 11. The molecule has 1 atom stereocenters. The minimum absolute atomic E-state index is 0.0704. The molecule has 0 aliphatic heterocycles. The van der Waals surface area contributed by atoms with Crippen LogP contribution in [0.15, 0.2) is 0 Å². The van der Waals surface area contributed by atoms with Crippen molar-refractivity contribution in [1.29, 1.82) is 0 Å². The predicted octanol–water partition coefficient (Wildman–Crippen LogP) is 8.81. The molecule has 0 rings (SSSR count). The maximum atomic E-state index is 11.0. The average molecular weight is 443 g/mol. The Morgan fingerprint density at radius 1 is 0.767 bits per heavy atom. The Morgan fingerprint density at radius 2 is 1.20 bits per heavy atom. The molecule has 0 heterocycles. The second-order valence-electron chi connectivity index (χ2n) is 10.6. The van der Waals surface area contributed by atoms with Crippen LogP contribution in [-0.2, 0) is 14.0 Å². The summed E-state index contributed by atoms with van der Waals surface area (Å²) in [7, 11) is -0.169. The monoisotopic (exact) mass is 442 g/mol. The molecular weight excluding hydrogens is 388 g/mol. The molecule has 0 N–H and O–H groups in total. The molecule has 3 nitrogen and oxygen atoms in total. The summed E-state index contributed by atoms with van der Waals surface area (Å²) in [6.07, 6.45) is 20.4. The molecule has 4 heteroatoms. The van der Waals surface area contributed by atoms with Gasteiger partial charge in [-0.2, -0.15) is 0 Å². The first-order valence-corrected chi connectivity index (χ1v) is 15.8. The summed E-state index contributed by atoms with van der Waals surface area (Å²) in [5.41, 5.74) is 0. The topological polar surface area (TPSA) is 35.5 Å². The van der Waals surface area contributed by atoms with E-state index in [0.29, 0.717) is 17.6 Å². The van der Waals surface area contributed by atoms with Gasteiger partial charge in [-0.15, -0.1) is 0 Å². The van der Waals surface area contributed by atoms with Crippen molar-refractivity contribution < 1.29 is 14.0 Å². The third kappa shape index (κ3) is 15.4. The SMILES string of the molecule is CCCC(CCCCCCCCCCCCCCC(=O)OC)O[Si](C)(C)C(C)(C)C. The zero-order valence-electron chi connectivity index (χ0n) is 21.6. The summed E-state index contributed by atoms with van der Waals surface area (Å²) in [6, 6.07) is 0. The van der Waals surface area contributed by atoms with Gasteiger partial charge in [0.1, 0.15) is 0 Å². The van der Waals surface area contributed by atoms with Crippen LogP contribution in [0.3, 0.4) is 0 Å². The lowest BCUT2D eigenvalue weighted by molar-refractivity contribution is -0.140. The summed E-state index contributed by atoms with van der Waals surface area (Å²) in [5.74, 6) is -0.0704. The average Bonchev–Trinajstić information content (AvgIpc) is 2.66. The highest BCUT2D eigenvalue weighted by Gasteiger charge is 2.38. The Bertz CT molecular complexity index is 415. The zero-order chi connectivity index (χ0) is 22.9. The van der Waals surface area contributed by atoms with Crippen molar-refractivity contribution in [2.45, 2.75) is 155 Å². The van der Waals surface area contributed by atoms with Crippen LogP contribution in [-0.4, -0.2) is 27.5 Å². The van der Waals surface area contributed by atoms with E-state index < -0.39 is 8.32 Å². The Hall–Kier alpha value is -0.353. The van der Waals surface area contributed by atoms with Gasteiger partial charge in [0.25, 0.3) is 0 Å². The Morgan fingerprint density at radius 3 is 1.60 bits per heavy atom. The largest absolute Gasteiger partial charge is 0.469 e. The number of rotatable bonds is 19. The maximum absolute atomic E-state index is 11.0. The van der Waals surface area contributed by atoms with Crippen LogP contribution in [0.2, 0.25) is 18.1 Å². The van der Waals surface area contributed by atoms with Crippen molar-refractivity contribution >= 4 is 14.3 Å². The van der Waals surface area contributed by atoms with Crippen LogP contribution in [0, 0.1) is 0 Å². The van der Waals surface area contributed by atoms with Gasteiger partial charge in [-0.3, -0.25) is 4.79 Å². The number of methoxy groups -OCH3 is 1. The lowest BCUT2D eigenvalue weighted by Gasteiger charge is -2.39. The first-order valence-electron chi connectivity index (χ1n) is 12.9. The zero-order valence-corrected chi connectivity index (χ0v) is 22.6. The number of ether oxygens (including phenoxy) is 1. The number of hydrogen-bond acceptors (Lipinski definition) is 3. The highest BCUT2D eigenvalue weighted by Crippen LogP contribution is 2.38. The van der Waals surface area contributed by atoms with Gasteiger partial charge in [0, 0.05) is 12.5 Å². The third-order valence-corrected chi connectivity index (χ3v) is 11.3. The van der Waals surface area contributed by atoms with Crippen molar-refractivity contribution in [2.75, 3.05) is 7.11 Å². The Balaban J connectivity index is 3.61. The van der Waals surface area contributed by atoms with Crippen LogP contribution >= 0.6 is 0 Å². The van der Waals surface area contributed by atoms with E-state index in [0.717, 1.165) is 12.8 Å². The summed E-state index contributed by atoms with van der Waals surface area (Å²) in [6.45, 7) is 14.1. The van der Waals surface area contributed by atoms with Gasteiger partial charge >= 0.3 is 5.97 Å². The summed E-state index contributed by atoms with van der Waals surface area (Å²) in [5, 5.41) is 0.308. The van der Waals surface area contributed by atoms with Gasteiger partial charge in [0.2, 0.25) is 0 Å². The maximum Gasteiger partial charge on any atom is 0.305 e.